The summed E-state index contributed by atoms with van der Waals surface area (Å²) in [5, 5.41) is 14.7. The number of amides is 1. The number of piperidine rings is 1. The fourth-order valence-corrected chi connectivity index (χ4v) is 6.46. The van der Waals surface area contributed by atoms with Crippen LogP contribution in [-0.4, -0.2) is 77.0 Å². The number of fused-ring (bicyclic) bond motifs is 1. The van der Waals surface area contributed by atoms with Gasteiger partial charge in [0.2, 0.25) is 5.91 Å². The molecule has 6 rings (SSSR count). The van der Waals surface area contributed by atoms with E-state index in [1.165, 1.54) is 4.68 Å². The second-order valence-corrected chi connectivity index (χ2v) is 11.5. The van der Waals surface area contributed by atoms with Gasteiger partial charge in [-0.05, 0) is 56.1 Å². The molecule has 3 fully saturated rings. The van der Waals surface area contributed by atoms with Crippen molar-refractivity contribution >= 4 is 35.2 Å². The van der Waals surface area contributed by atoms with E-state index in [0.29, 0.717) is 74.8 Å². The third kappa shape index (κ3) is 4.49. The zero-order valence-corrected chi connectivity index (χ0v) is 22.3. The number of hydrogen-bond donors (Lipinski definition) is 1. The lowest BCUT2D eigenvalue weighted by molar-refractivity contribution is -0.147. The highest BCUT2D eigenvalue weighted by Crippen LogP contribution is 2.44. The Hall–Kier alpha value is -2.91. The second kappa shape index (κ2) is 10.0. The van der Waals surface area contributed by atoms with E-state index in [-0.39, 0.29) is 29.8 Å². The summed E-state index contributed by atoms with van der Waals surface area (Å²) in [6.45, 7) is 2.35. The van der Waals surface area contributed by atoms with Crippen LogP contribution in [-0.2, 0) is 27.2 Å². The van der Waals surface area contributed by atoms with E-state index in [1.54, 1.807) is 13.2 Å². The molecule has 10 heteroatoms. The highest BCUT2D eigenvalue weighted by atomic mass is 35.5. The molecule has 1 aromatic carbocycles. The summed E-state index contributed by atoms with van der Waals surface area (Å²) in [5.41, 5.74) is 3.23. The van der Waals surface area contributed by atoms with Crippen LogP contribution in [0.4, 0.5) is 5.82 Å². The highest BCUT2D eigenvalue weighted by Gasteiger charge is 2.40. The smallest absolute Gasteiger partial charge is 0.306 e. The van der Waals surface area contributed by atoms with Gasteiger partial charge < -0.3 is 19.6 Å². The molecule has 1 N–H and O–H groups in total. The first-order valence-electron chi connectivity index (χ1n) is 13.6. The number of carboxylic acid groups (broad SMARTS) is 1. The Morgan fingerprint density at radius 1 is 1.05 bits per heavy atom. The lowest BCUT2D eigenvalue weighted by Crippen LogP contribution is -2.56. The number of aromatic nitrogens is 2. The van der Waals surface area contributed by atoms with Crippen molar-refractivity contribution in [3.63, 3.8) is 0 Å². The van der Waals surface area contributed by atoms with Gasteiger partial charge in [-0.15, -0.1) is 5.10 Å². The largest absolute Gasteiger partial charge is 0.481 e. The van der Waals surface area contributed by atoms with E-state index < -0.39 is 5.97 Å². The fraction of sp³-hybridized carbons (Fsp3) is 0.571. The monoisotopic (exact) mass is 540 g/mol. The number of likely N-dealkylation sites (tertiary alicyclic amines) is 1. The molecule has 9 nitrogen and oxygen atoms in total. The van der Waals surface area contributed by atoms with Gasteiger partial charge in [0.05, 0.1) is 28.3 Å². The van der Waals surface area contributed by atoms with Crippen molar-refractivity contribution in [2.45, 2.75) is 57.0 Å². The van der Waals surface area contributed by atoms with Gasteiger partial charge in [0.15, 0.2) is 5.82 Å². The van der Waals surface area contributed by atoms with Gasteiger partial charge in [-0.25, -0.2) is 0 Å². The van der Waals surface area contributed by atoms with Crippen molar-refractivity contribution in [3.8, 4) is 0 Å². The minimum atomic E-state index is -0.762. The van der Waals surface area contributed by atoms with E-state index >= 15 is 0 Å². The van der Waals surface area contributed by atoms with E-state index in [9.17, 15) is 19.5 Å². The SMILES string of the molecule is COC1CN(C(=O)C2CCc3c(N4CCC(C(=O)O)CC4)nn(C(=O)c4c(Cl)cccc4C4CC4)c3C2)C1. The van der Waals surface area contributed by atoms with Crippen LogP contribution in [0.1, 0.15) is 65.2 Å². The van der Waals surface area contributed by atoms with Crippen LogP contribution >= 0.6 is 11.6 Å². The van der Waals surface area contributed by atoms with Crippen molar-refractivity contribution in [3.05, 3.63) is 45.6 Å². The van der Waals surface area contributed by atoms with Crippen molar-refractivity contribution < 1.29 is 24.2 Å². The number of benzene rings is 1. The van der Waals surface area contributed by atoms with Crippen molar-refractivity contribution in [1.82, 2.24) is 14.7 Å². The molecule has 0 bridgehead atoms. The Bertz CT molecular complexity index is 1270. The van der Waals surface area contributed by atoms with Gasteiger partial charge in [-0.2, -0.15) is 4.68 Å². The summed E-state index contributed by atoms with van der Waals surface area (Å²) in [6, 6.07) is 5.61. The highest BCUT2D eigenvalue weighted by molar-refractivity contribution is 6.34. The van der Waals surface area contributed by atoms with Crippen LogP contribution in [0, 0.1) is 11.8 Å². The molecule has 0 radical (unpaired) electrons. The number of carbonyl (C=O) groups excluding carboxylic acids is 2. The Morgan fingerprint density at radius 3 is 2.45 bits per heavy atom. The van der Waals surface area contributed by atoms with Crippen LogP contribution in [0.15, 0.2) is 18.2 Å². The number of ether oxygens (including phenoxy) is 1. The Kier molecular flexibility index (Phi) is 6.68. The number of methoxy groups -OCH3 is 1. The molecule has 2 aromatic rings. The standard InChI is InChI=1S/C28H33ClN4O5/c1-38-19-14-32(15-19)26(34)18-7-8-21-23(13-18)33(30-25(21)31-11-9-17(10-12-31)28(36)37)27(35)24-20(16-5-6-16)3-2-4-22(24)29/h2-4,16-19H,5-15H2,1H3,(H,36,37). The van der Waals surface area contributed by atoms with Gasteiger partial charge >= 0.3 is 5.97 Å². The average Bonchev–Trinajstić information content (AvgIpc) is 3.67. The van der Waals surface area contributed by atoms with Gasteiger partial charge in [-0.1, -0.05) is 23.7 Å². The summed E-state index contributed by atoms with van der Waals surface area (Å²) < 4.78 is 6.84. The molecule has 0 spiro atoms. The molecule has 1 amide bonds. The lowest BCUT2D eigenvalue weighted by Gasteiger charge is -2.40. The Morgan fingerprint density at radius 2 is 1.79 bits per heavy atom. The van der Waals surface area contributed by atoms with Gasteiger partial charge in [0.1, 0.15) is 0 Å². The number of hydrogen-bond acceptors (Lipinski definition) is 6. The van der Waals surface area contributed by atoms with E-state index in [4.69, 9.17) is 21.4 Å². The minimum absolute atomic E-state index is 0.0895. The number of nitrogens with zero attached hydrogens (tertiary/aromatic N) is 4. The molecule has 1 unspecified atom stereocenters. The molecule has 2 aliphatic carbocycles. The number of rotatable bonds is 6. The minimum Gasteiger partial charge on any atom is -0.481 e. The summed E-state index contributed by atoms with van der Waals surface area (Å²) in [6.07, 6.45) is 5.02. The molecule has 1 aromatic heterocycles. The number of aliphatic carboxylic acids is 1. The average molecular weight is 541 g/mol. The summed E-state index contributed by atoms with van der Waals surface area (Å²) in [5.74, 6) is -0.412. The van der Waals surface area contributed by atoms with Crippen LogP contribution in [0.2, 0.25) is 5.02 Å². The normalized spacial score (nSPS) is 22.2. The van der Waals surface area contributed by atoms with E-state index in [2.05, 4.69) is 4.90 Å². The summed E-state index contributed by atoms with van der Waals surface area (Å²) in [7, 11) is 1.66. The first kappa shape index (κ1) is 25.4. The zero-order valence-electron chi connectivity index (χ0n) is 21.6. The van der Waals surface area contributed by atoms with Gasteiger partial charge in [0, 0.05) is 51.2 Å². The maximum Gasteiger partial charge on any atom is 0.306 e. The maximum absolute atomic E-state index is 14.1. The topological polar surface area (TPSA) is 105 Å². The first-order chi connectivity index (χ1) is 18.4. The molecule has 2 saturated heterocycles. The summed E-state index contributed by atoms with van der Waals surface area (Å²) >= 11 is 6.60. The summed E-state index contributed by atoms with van der Waals surface area (Å²) in [4.78, 5) is 42.8. The number of anilines is 1. The lowest BCUT2D eigenvalue weighted by atomic mass is 9.85. The van der Waals surface area contributed by atoms with Crippen molar-refractivity contribution in [2.75, 3.05) is 38.2 Å². The molecule has 38 heavy (non-hydrogen) atoms. The molecular weight excluding hydrogens is 508 g/mol. The first-order valence-corrected chi connectivity index (χ1v) is 14.0. The molecule has 202 valence electrons. The molecule has 2 aliphatic heterocycles. The molecule has 1 atom stereocenters. The third-order valence-electron chi connectivity index (χ3n) is 8.71. The van der Waals surface area contributed by atoms with Crippen molar-refractivity contribution in [1.29, 1.82) is 0 Å². The quantitative estimate of drug-likeness (QED) is 0.599. The van der Waals surface area contributed by atoms with E-state index in [1.807, 2.05) is 17.0 Å². The maximum atomic E-state index is 14.1. The van der Waals surface area contributed by atoms with Crippen LogP contribution in [0.3, 0.4) is 0 Å². The molecule has 4 aliphatic rings. The molecule has 1 saturated carbocycles. The number of halogens is 1. The van der Waals surface area contributed by atoms with Crippen LogP contribution in [0.25, 0.3) is 0 Å². The second-order valence-electron chi connectivity index (χ2n) is 11.1. The number of carboxylic acids is 1. The zero-order chi connectivity index (χ0) is 26.6. The predicted octanol–water partition coefficient (Wildman–Crippen LogP) is 3.37. The Labute approximate surface area is 226 Å². The molecular formula is C28H33ClN4O5. The van der Waals surface area contributed by atoms with E-state index in [0.717, 1.165) is 35.5 Å². The number of carbonyl (C=O) groups is 3. The van der Waals surface area contributed by atoms with Gasteiger partial charge in [0.25, 0.3) is 5.91 Å². The van der Waals surface area contributed by atoms with Gasteiger partial charge in [-0.3, -0.25) is 14.4 Å². The molecule has 3 heterocycles. The van der Waals surface area contributed by atoms with Crippen molar-refractivity contribution in [2.24, 2.45) is 11.8 Å². The van der Waals surface area contributed by atoms with Crippen LogP contribution < -0.4 is 4.90 Å². The fourth-order valence-electron chi connectivity index (χ4n) is 6.20. The third-order valence-corrected chi connectivity index (χ3v) is 9.02. The van der Waals surface area contributed by atoms with Crippen LogP contribution in [0.5, 0.6) is 0 Å². The Balaban J connectivity index is 1.34. The predicted molar refractivity (Wildman–Crippen MR) is 141 cm³/mol.